The van der Waals surface area contributed by atoms with Crippen molar-refractivity contribution in [1.82, 2.24) is 19.4 Å². The molecular weight excluding hydrogens is 393 g/mol. The van der Waals surface area contributed by atoms with E-state index in [9.17, 15) is 14.4 Å². The molecule has 8 nitrogen and oxygen atoms in total. The minimum Gasteiger partial charge on any atom is -0.349 e. The first-order valence-corrected chi connectivity index (χ1v) is 8.50. The zero-order valence-corrected chi connectivity index (χ0v) is 16.9. The fourth-order valence-electron chi connectivity index (χ4n) is 3.52. The Kier molecular flexibility index (Phi) is 8.01. The molecule has 0 spiro atoms. The van der Waals surface area contributed by atoms with Crippen molar-refractivity contribution in [1.29, 1.82) is 0 Å². The van der Waals surface area contributed by atoms with Crippen LogP contribution in [-0.4, -0.2) is 32.6 Å². The molecule has 0 bridgehead atoms. The Hall–Kier alpha value is -1.90. The quantitative estimate of drug-likeness (QED) is 0.763. The zero-order valence-electron chi connectivity index (χ0n) is 15.3. The number of amides is 1. The summed E-state index contributed by atoms with van der Waals surface area (Å²) < 4.78 is 2.31. The van der Waals surface area contributed by atoms with Gasteiger partial charge < -0.3 is 11.1 Å². The van der Waals surface area contributed by atoms with Gasteiger partial charge in [-0.25, -0.2) is 9.78 Å². The van der Waals surface area contributed by atoms with Crippen LogP contribution in [0.1, 0.15) is 36.0 Å². The van der Waals surface area contributed by atoms with Gasteiger partial charge in [0.2, 0.25) is 0 Å². The van der Waals surface area contributed by atoms with Gasteiger partial charge >= 0.3 is 5.69 Å². The van der Waals surface area contributed by atoms with Crippen LogP contribution in [0.4, 0.5) is 0 Å². The number of nitrogens with one attached hydrogen (secondary N) is 1. The number of rotatable bonds is 3. The topological polar surface area (TPSA) is 112 Å². The van der Waals surface area contributed by atoms with Gasteiger partial charge in [0.1, 0.15) is 5.65 Å². The van der Waals surface area contributed by atoms with Gasteiger partial charge in [0.15, 0.2) is 0 Å². The van der Waals surface area contributed by atoms with Gasteiger partial charge in [0.05, 0.1) is 10.9 Å². The summed E-state index contributed by atoms with van der Waals surface area (Å²) in [6.07, 6.45) is 5.53. The molecule has 1 fully saturated rings. The van der Waals surface area contributed by atoms with Crippen LogP contribution in [0.25, 0.3) is 11.0 Å². The van der Waals surface area contributed by atoms with Crippen molar-refractivity contribution in [2.75, 3.05) is 6.54 Å². The Bertz CT molecular complexity index is 941. The van der Waals surface area contributed by atoms with Gasteiger partial charge in [0.25, 0.3) is 11.5 Å². The number of nitrogens with zero attached hydrogens (tertiary/aromatic N) is 3. The molecule has 0 aromatic carbocycles. The number of aryl methyl sites for hydroxylation is 1. The van der Waals surface area contributed by atoms with Gasteiger partial charge in [-0.2, -0.15) is 0 Å². The second-order valence-corrected chi connectivity index (χ2v) is 6.66. The molecule has 1 saturated carbocycles. The summed E-state index contributed by atoms with van der Waals surface area (Å²) in [6.45, 7) is 0.545. The Morgan fingerprint density at radius 1 is 1.22 bits per heavy atom. The van der Waals surface area contributed by atoms with Gasteiger partial charge in [-0.1, -0.05) is 12.8 Å². The Morgan fingerprint density at radius 3 is 2.56 bits per heavy atom. The number of carbonyl (C=O) groups is 1. The number of halogens is 2. The van der Waals surface area contributed by atoms with Crippen LogP contribution >= 0.6 is 24.8 Å². The van der Waals surface area contributed by atoms with Crippen molar-refractivity contribution in [3.05, 3.63) is 38.7 Å². The minimum absolute atomic E-state index is 0. The lowest BCUT2D eigenvalue weighted by atomic mass is 9.84. The van der Waals surface area contributed by atoms with Crippen molar-refractivity contribution in [2.45, 2.75) is 31.7 Å². The molecule has 1 aliphatic rings. The van der Waals surface area contributed by atoms with E-state index >= 15 is 0 Å². The molecule has 2 aromatic rings. The van der Waals surface area contributed by atoms with Crippen molar-refractivity contribution in [3.8, 4) is 0 Å². The summed E-state index contributed by atoms with van der Waals surface area (Å²) in [7, 11) is 2.95. The average Bonchev–Trinajstić information content (AvgIpc) is 2.64. The van der Waals surface area contributed by atoms with E-state index in [4.69, 9.17) is 5.73 Å². The number of fused-ring (bicyclic) bond motifs is 1. The summed E-state index contributed by atoms with van der Waals surface area (Å²) in [5.41, 5.74) is 5.48. The molecule has 2 atom stereocenters. The summed E-state index contributed by atoms with van der Waals surface area (Å²) in [4.78, 5) is 41.0. The summed E-state index contributed by atoms with van der Waals surface area (Å²) in [5.74, 6) is 0.00969. The molecule has 2 unspecified atom stereocenters. The SMILES string of the molecule is Cl.Cl.Cn1c(=O)c2cc(C(=O)NC3CCCCC3CN)cnc2n(C)c1=O. The highest BCUT2D eigenvalue weighted by molar-refractivity contribution is 5.96. The highest BCUT2D eigenvalue weighted by Crippen LogP contribution is 2.23. The molecule has 2 heterocycles. The fourth-order valence-corrected chi connectivity index (χ4v) is 3.52. The van der Waals surface area contributed by atoms with Crippen LogP contribution in [0, 0.1) is 5.92 Å². The smallest absolute Gasteiger partial charge is 0.332 e. The van der Waals surface area contributed by atoms with E-state index in [0.717, 1.165) is 30.3 Å². The maximum atomic E-state index is 12.6. The number of nitrogens with two attached hydrogens (primary N) is 1. The number of carbonyl (C=O) groups excluding carboxylic acids is 1. The van der Waals surface area contributed by atoms with Gasteiger partial charge in [0, 0.05) is 26.3 Å². The van der Waals surface area contributed by atoms with Crippen LogP contribution in [0.15, 0.2) is 21.9 Å². The first kappa shape index (κ1) is 23.1. The number of pyridine rings is 1. The van der Waals surface area contributed by atoms with E-state index in [1.807, 2.05) is 0 Å². The van der Waals surface area contributed by atoms with E-state index in [0.29, 0.717) is 12.1 Å². The fraction of sp³-hybridized carbons (Fsp3) is 0.529. The second-order valence-electron chi connectivity index (χ2n) is 6.66. The highest BCUT2D eigenvalue weighted by Gasteiger charge is 2.26. The first-order valence-electron chi connectivity index (χ1n) is 8.50. The molecule has 150 valence electrons. The first-order chi connectivity index (χ1) is 11.9. The number of aromatic nitrogens is 3. The third-order valence-corrected chi connectivity index (χ3v) is 5.08. The monoisotopic (exact) mass is 417 g/mol. The van der Waals surface area contributed by atoms with Crippen molar-refractivity contribution >= 4 is 41.8 Å². The van der Waals surface area contributed by atoms with E-state index in [-0.39, 0.29) is 53.7 Å². The Morgan fingerprint density at radius 2 is 1.89 bits per heavy atom. The lowest BCUT2D eigenvalue weighted by Crippen LogP contribution is -2.44. The van der Waals surface area contributed by atoms with Crippen molar-refractivity contribution in [3.63, 3.8) is 0 Å². The van der Waals surface area contributed by atoms with E-state index in [1.54, 1.807) is 7.05 Å². The third-order valence-electron chi connectivity index (χ3n) is 5.08. The summed E-state index contributed by atoms with van der Waals surface area (Å²) in [6, 6.07) is 1.55. The largest absolute Gasteiger partial charge is 0.349 e. The van der Waals surface area contributed by atoms with Crippen LogP contribution < -0.4 is 22.3 Å². The Balaban J connectivity index is 0.00000182. The van der Waals surface area contributed by atoms with E-state index < -0.39 is 11.2 Å². The van der Waals surface area contributed by atoms with Gasteiger partial charge in [-0.05, 0) is 31.4 Å². The molecule has 0 aliphatic heterocycles. The molecule has 0 saturated heterocycles. The molecule has 2 aromatic heterocycles. The molecule has 27 heavy (non-hydrogen) atoms. The second kappa shape index (κ2) is 9.34. The lowest BCUT2D eigenvalue weighted by molar-refractivity contribution is 0.0908. The van der Waals surface area contributed by atoms with E-state index in [1.165, 1.54) is 23.9 Å². The van der Waals surface area contributed by atoms with Crippen LogP contribution in [0.2, 0.25) is 0 Å². The molecule has 1 amide bonds. The lowest BCUT2D eigenvalue weighted by Gasteiger charge is -2.31. The predicted molar refractivity (Wildman–Crippen MR) is 109 cm³/mol. The van der Waals surface area contributed by atoms with Crippen LogP contribution in [0.5, 0.6) is 0 Å². The van der Waals surface area contributed by atoms with E-state index in [2.05, 4.69) is 10.3 Å². The van der Waals surface area contributed by atoms with Crippen molar-refractivity contribution in [2.24, 2.45) is 25.7 Å². The van der Waals surface area contributed by atoms with Gasteiger partial charge in [-0.15, -0.1) is 24.8 Å². The zero-order chi connectivity index (χ0) is 18.1. The maximum absolute atomic E-state index is 12.6. The summed E-state index contributed by atoms with van der Waals surface area (Å²) >= 11 is 0. The molecule has 1 aliphatic carbocycles. The molecule has 3 N–H and O–H groups in total. The summed E-state index contributed by atoms with van der Waals surface area (Å²) in [5, 5.41) is 3.27. The standard InChI is InChI=1S/C17H23N5O3.2ClH/c1-21-14-12(16(24)22(2)17(21)25)7-11(9-19-14)15(23)20-13-6-4-3-5-10(13)8-18;;/h7,9-10,13H,3-6,8,18H2,1-2H3,(H,20,23);2*1H. The van der Waals surface area contributed by atoms with Crippen LogP contribution in [0.3, 0.4) is 0 Å². The van der Waals surface area contributed by atoms with Crippen LogP contribution in [-0.2, 0) is 14.1 Å². The maximum Gasteiger partial charge on any atom is 0.332 e. The molecule has 10 heteroatoms. The highest BCUT2D eigenvalue weighted by atomic mass is 35.5. The number of hydrogen-bond acceptors (Lipinski definition) is 5. The average molecular weight is 418 g/mol. The third kappa shape index (κ3) is 4.34. The molecule has 0 radical (unpaired) electrons. The predicted octanol–water partition coefficient (Wildman–Crippen LogP) is 0.723. The number of hydrogen-bond donors (Lipinski definition) is 2. The normalized spacial score (nSPS) is 19.1. The molecular formula is C17H25Cl2N5O3. The Labute approximate surface area is 169 Å². The minimum atomic E-state index is -0.460. The van der Waals surface area contributed by atoms with Crippen molar-refractivity contribution < 1.29 is 4.79 Å². The van der Waals surface area contributed by atoms with Gasteiger partial charge in [-0.3, -0.25) is 18.7 Å². The molecule has 3 rings (SSSR count).